The summed E-state index contributed by atoms with van der Waals surface area (Å²) in [7, 11) is 0. The number of carboxylic acids is 2. The molecule has 0 aliphatic carbocycles. The summed E-state index contributed by atoms with van der Waals surface area (Å²) in [6.45, 7) is 11.5. The number of aromatic nitrogens is 2. The van der Waals surface area contributed by atoms with Gasteiger partial charge in [0, 0.05) is 37.9 Å². The van der Waals surface area contributed by atoms with Gasteiger partial charge in [-0.3, -0.25) is 9.80 Å². The second-order valence-electron chi connectivity index (χ2n) is 7.25. The number of aliphatic carboxylic acids is 2. The first-order valence-corrected chi connectivity index (χ1v) is 10.3. The van der Waals surface area contributed by atoms with Gasteiger partial charge >= 0.3 is 24.3 Å². The van der Waals surface area contributed by atoms with E-state index in [0.29, 0.717) is 0 Å². The Bertz CT molecular complexity index is 900. The zero-order chi connectivity index (χ0) is 26.8. The van der Waals surface area contributed by atoms with Gasteiger partial charge in [0.25, 0.3) is 0 Å². The van der Waals surface area contributed by atoms with Crippen molar-refractivity contribution in [2.75, 3.05) is 19.6 Å². The smallest absolute Gasteiger partial charge is 0.475 e. The highest BCUT2D eigenvalue weighted by molar-refractivity contribution is 5.73. The topological polar surface area (TPSA) is 112 Å². The Morgan fingerprint density at radius 1 is 1.06 bits per heavy atom. The lowest BCUT2D eigenvalue weighted by molar-refractivity contribution is -0.193. The second-order valence-corrected chi connectivity index (χ2v) is 7.25. The van der Waals surface area contributed by atoms with Crippen LogP contribution in [0.5, 0.6) is 0 Å². The van der Waals surface area contributed by atoms with Gasteiger partial charge in [0.2, 0.25) is 0 Å². The molecule has 2 N–H and O–H groups in total. The van der Waals surface area contributed by atoms with Crippen LogP contribution in [-0.4, -0.2) is 73.5 Å². The van der Waals surface area contributed by atoms with Crippen molar-refractivity contribution >= 4 is 11.9 Å². The Labute approximate surface area is 196 Å². The Kier molecular flexibility index (Phi) is 11.2. The maximum Gasteiger partial charge on any atom is 0.490 e. The predicted molar refractivity (Wildman–Crippen MR) is 109 cm³/mol. The maximum atomic E-state index is 10.6. The number of halogens is 6. The van der Waals surface area contributed by atoms with E-state index in [-0.39, 0.29) is 0 Å². The average molecular weight is 516 g/mol. The molecule has 3 rings (SSSR count). The number of nitrogens with zero attached hydrogens (tertiary/aromatic N) is 4. The van der Waals surface area contributed by atoms with E-state index in [9.17, 15) is 26.3 Å². The molecule has 15 heteroatoms. The van der Waals surface area contributed by atoms with E-state index >= 15 is 0 Å². The number of carboxylic acid groups (broad SMARTS) is 2. The molecule has 0 saturated heterocycles. The third-order valence-electron chi connectivity index (χ3n) is 4.68. The normalized spacial score (nSPS) is 13.9. The van der Waals surface area contributed by atoms with Gasteiger partial charge < -0.3 is 19.2 Å². The van der Waals surface area contributed by atoms with Gasteiger partial charge in [-0.2, -0.15) is 26.3 Å². The van der Waals surface area contributed by atoms with E-state index in [2.05, 4.69) is 34.4 Å². The van der Waals surface area contributed by atoms with Crippen LogP contribution in [0, 0.1) is 0 Å². The van der Waals surface area contributed by atoms with Crippen molar-refractivity contribution in [3.63, 3.8) is 0 Å². The zero-order valence-corrected chi connectivity index (χ0v) is 18.9. The molecule has 0 saturated carbocycles. The Morgan fingerprint density at radius 3 is 2.03 bits per heavy atom. The molecule has 0 bridgehead atoms. The van der Waals surface area contributed by atoms with Crippen molar-refractivity contribution in [1.29, 1.82) is 0 Å². The van der Waals surface area contributed by atoms with E-state index in [0.717, 1.165) is 45.8 Å². The second kappa shape index (κ2) is 13.1. The van der Waals surface area contributed by atoms with Crippen LogP contribution in [-0.2, 0) is 35.8 Å². The lowest BCUT2D eigenvalue weighted by Gasteiger charge is -2.26. The monoisotopic (exact) mass is 516 g/mol. The average Bonchev–Trinajstić information content (AvgIpc) is 3.40. The van der Waals surface area contributed by atoms with Crippen molar-refractivity contribution < 1.29 is 50.6 Å². The molecule has 1 aliphatic heterocycles. The summed E-state index contributed by atoms with van der Waals surface area (Å²) in [6, 6.07) is 2.03. The molecular weight excluding hydrogens is 490 g/mol. The number of imidazole rings is 1. The number of alkyl halides is 6. The van der Waals surface area contributed by atoms with Crippen LogP contribution in [0.2, 0.25) is 0 Å². The van der Waals surface area contributed by atoms with Gasteiger partial charge in [-0.1, -0.05) is 13.8 Å². The molecule has 3 heterocycles. The van der Waals surface area contributed by atoms with Crippen molar-refractivity contribution in [1.82, 2.24) is 19.4 Å². The van der Waals surface area contributed by atoms with Gasteiger partial charge in [0.1, 0.15) is 5.82 Å². The summed E-state index contributed by atoms with van der Waals surface area (Å²) in [5.41, 5.74) is 2.43. The van der Waals surface area contributed by atoms with Crippen molar-refractivity contribution in [2.45, 2.75) is 52.4 Å². The number of hydrogen-bond acceptors (Lipinski definition) is 6. The highest BCUT2D eigenvalue weighted by Crippen LogP contribution is 2.17. The van der Waals surface area contributed by atoms with E-state index in [1.165, 1.54) is 17.1 Å². The number of hydrogen-bond donors (Lipinski definition) is 2. The molecule has 1 aliphatic rings. The van der Waals surface area contributed by atoms with Crippen molar-refractivity contribution in [3.05, 3.63) is 41.9 Å². The molecule has 2 aromatic heterocycles. The lowest BCUT2D eigenvalue weighted by Crippen LogP contribution is -2.33. The summed E-state index contributed by atoms with van der Waals surface area (Å²) < 4.78 is 70.9. The van der Waals surface area contributed by atoms with E-state index in [4.69, 9.17) is 29.2 Å². The fraction of sp³-hybridized carbons (Fsp3) is 0.550. The van der Waals surface area contributed by atoms with Gasteiger partial charge in [-0.05, 0) is 19.2 Å². The Hall–Kier alpha value is -3.07. The highest BCUT2D eigenvalue weighted by atomic mass is 19.4. The van der Waals surface area contributed by atoms with Crippen LogP contribution in [0.25, 0.3) is 0 Å². The molecule has 198 valence electrons. The molecule has 0 atom stereocenters. The molecule has 0 spiro atoms. The molecule has 0 fully saturated rings. The quantitative estimate of drug-likeness (QED) is 0.561. The largest absolute Gasteiger partial charge is 0.490 e. The predicted octanol–water partition coefficient (Wildman–Crippen LogP) is 3.60. The molecule has 0 unspecified atom stereocenters. The van der Waals surface area contributed by atoms with Crippen LogP contribution < -0.4 is 0 Å². The molecule has 0 amide bonds. The molecule has 9 nitrogen and oxygen atoms in total. The fourth-order valence-corrected chi connectivity index (χ4v) is 2.89. The highest BCUT2D eigenvalue weighted by Gasteiger charge is 2.38. The summed E-state index contributed by atoms with van der Waals surface area (Å²) in [5, 5.41) is 14.2. The van der Waals surface area contributed by atoms with Crippen molar-refractivity contribution in [2.24, 2.45) is 0 Å². The van der Waals surface area contributed by atoms with Crippen LogP contribution in [0.15, 0.2) is 29.2 Å². The third kappa shape index (κ3) is 10.8. The standard InChI is InChI=1S/C16H24N4O.2C2HF3O2/c1-3-18(4-2)10-15-11-20-7-6-19(12-16(20)17-15)9-14-5-8-21-13-14;2*3-2(4,5)1(6)7/h5,8,11,13H,3-4,6-7,9-10,12H2,1-2H3;2*(H,6,7). The van der Waals surface area contributed by atoms with Crippen molar-refractivity contribution in [3.8, 4) is 0 Å². The van der Waals surface area contributed by atoms with E-state index < -0.39 is 24.3 Å². The minimum absolute atomic E-state index is 0.920. The van der Waals surface area contributed by atoms with Gasteiger partial charge in [-0.25, -0.2) is 14.6 Å². The van der Waals surface area contributed by atoms with Crippen LogP contribution in [0.1, 0.15) is 30.9 Å². The molecular formula is C20H26F6N4O5. The summed E-state index contributed by atoms with van der Waals surface area (Å²) in [4.78, 5) is 27.4. The number of carbonyl (C=O) groups is 2. The van der Waals surface area contributed by atoms with E-state index in [1.807, 2.05) is 12.3 Å². The van der Waals surface area contributed by atoms with Gasteiger partial charge in [0.15, 0.2) is 0 Å². The van der Waals surface area contributed by atoms with Crippen LogP contribution in [0.3, 0.4) is 0 Å². The van der Waals surface area contributed by atoms with Gasteiger partial charge in [0.05, 0.1) is 24.8 Å². The lowest BCUT2D eigenvalue weighted by atomic mass is 10.3. The maximum absolute atomic E-state index is 10.6. The minimum Gasteiger partial charge on any atom is -0.475 e. The van der Waals surface area contributed by atoms with Gasteiger partial charge in [-0.15, -0.1) is 0 Å². The first-order chi connectivity index (χ1) is 16.2. The number of rotatable bonds is 6. The fourth-order valence-electron chi connectivity index (χ4n) is 2.89. The molecule has 0 aromatic carbocycles. The van der Waals surface area contributed by atoms with E-state index in [1.54, 1.807) is 6.26 Å². The SMILES string of the molecule is CCN(CC)Cc1cn2c(n1)CN(Cc1ccoc1)CC2.O=C(O)C(F)(F)F.O=C(O)C(F)(F)F. The minimum atomic E-state index is -5.08. The summed E-state index contributed by atoms with van der Waals surface area (Å²) in [6.07, 6.45) is -4.38. The molecule has 2 aromatic rings. The first-order valence-electron chi connectivity index (χ1n) is 10.3. The summed E-state index contributed by atoms with van der Waals surface area (Å²) in [5.74, 6) is -4.33. The number of fused-ring (bicyclic) bond motifs is 1. The zero-order valence-electron chi connectivity index (χ0n) is 18.9. The Morgan fingerprint density at radius 2 is 1.60 bits per heavy atom. The summed E-state index contributed by atoms with van der Waals surface area (Å²) >= 11 is 0. The molecule has 0 radical (unpaired) electrons. The first kappa shape index (κ1) is 30.0. The van der Waals surface area contributed by atoms with Crippen LogP contribution >= 0.6 is 0 Å². The number of furan rings is 1. The molecule has 35 heavy (non-hydrogen) atoms. The Balaban J connectivity index is 0.000000362. The third-order valence-corrected chi connectivity index (χ3v) is 4.68. The van der Waals surface area contributed by atoms with Crippen LogP contribution in [0.4, 0.5) is 26.3 Å².